The van der Waals surface area contributed by atoms with Gasteiger partial charge in [-0.25, -0.2) is 0 Å². The average Bonchev–Trinajstić information content (AvgIpc) is 2.80. The summed E-state index contributed by atoms with van der Waals surface area (Å²) >= 11 is 0. The highest BCUT2D eigenvalue weighted by Gasteiger charge is 2.50. The molecule has 0 aromatic carbocycles. The summed E-state index contributed by atoms with van der Waals surface area (Å²) in [6.45, 7) is 6.24. The predicted octanol–water partition coefficient (Wildman–Crippen LogP) is -0.0659. The SMILES string of the molecule is CC(C)NC(=O)CN1CC(N)(C2CC2)C1. The Morgan fingerprint density at radius 3 is 2.60 bits per heavy atom. The fourth-order valence-electron chi connectivity index (χ4n) is 2.39. The van der Waals surface area contributed by atoms with Gasteiger partial charge in [-0.15, -0.1) is 0 Å². The number of hydrogen-bond donors (Lipinski definition) is 2. The second kappa shape index (κ2) is 3.76. The molecule has 0 atom stereocenters. The Labute approximate surface area is 91.2 Å². The number of nitrogens with zero attached hydrogens (tertiary/aromatic N) is 1. The highest BCUT2D eigenvalue weighted by Crippen LogP contribution is 2.42. The molecule has 0 unspecified atom stereocenters. The molecular formula is C11H21N3O. The van der Waals surface area contributed by atoms with E-state index in [0.717, 1.165) is 19.0 Å². The minimum Gasteiger partial charge on any atom is -0.353 e. The number of nitrogens with two attached hydrogens (primary N) is 1. The maximum Gasteiger partial charge on any atom is 0.234 e. The van der Waals surface area contributed by atoms with Crippen molar-refractivity contribution in [2.45, 2.75) is 38.3 Å². The topological polar surface area (TPSA) is 58.4 Å². The van der Waals surface area contributed by atoms with Crippen LogP contribution in [0.5, 0.6) is 0 Å². The number of nitrogens with one attached hydrogen (secondary N) is 1. The van der Waals surface area contributed by atoms with E-state index in [0.29, 0.717) is 6.54 Å². The van der Waals surface area contributed by atoms with Crippen LogP contribution in [0.15, 0.2) is 0 Å². The summed E-state index contributed by atoms with van der Waals surface area (Å²) in [7, 11) is 0. The Bertz CT molecular complexity index is 255. The zero-order chi connectivity index (χ0) is 11.1. The van der Waals surface area contributed by atoms with Crippen molar-refractivity contribution in [2.75, 3.05) is 19.6 Å². The number of carbonyl (C=O) groups is 1. The summed E-state index contributed by atoms with van der Waals surface area (Å²) in [4.78, 5) is 13.6. The zero-order valence-corrected chi connectivity index (χ0v) is 9.62. The first-order chi connectivity index (χ1) is 6.99. The maximum atomic E-state index is 11.5. The second-order valence-corrected chi connectivity index (χ2v) is 5.37. The molecular weight excluding hydrogens is 190 g/mol. The summed E-state index contributed by atoms with van der Waals surface area (Å²) in [5.74, 6) is 0.838. The zero-order valence-electron chi connectivity index (χ0n) is 9.62. The van der Waals surface area contributed by atoms with Crippen LogP contribution >= 0.6 is 0 Å². The van der Waals surface area contributed by atoms with Crippen LogP contribution in [-0.4, -0.2) is 42.0 Å². The van der Waals surface area contributed by atoms with Gasteiger partial charge in [0.25, 0.3) is 0 Å². The normalized spacial score (nSPS) is 25.1. The molecule has 0 spiro atoms. The van der Waals surface area contributed by atoms with E-state index >= 15 is 0 Å². The van der Waals surface area contributed by atoms with Gasteiger partial charge in [-0.05, 0) is 32.6 Å². The van der Waals surface area contributed by atoms with Gasteiger partial charge in [0.15, 0.2) is 0 Å². The van der Waals surface area contributed by atoms with Crippen molar-refractivity contribution < 1.29 is 4.79 Å². The van der Waals surface area contributed by atoms with Crippen molar-refractivity contribution in [3.8, 4) is 0 Å². The predicted molar refractivity (Wildman–Crippen MR) is 59.4 cm³/mol. The molecule has 0 radical (unpaired) electrons. The third-order valence-corrected chi connectivity index (χ3v) is 3.24. The van der Waals surface area contributed by atoms with Crippen LogP contribution in [0, 0.1) is 5.92 Å². The van der Waals surface area contributed by atoms with Crippen molar-refractivity contribution in [1.82, 2.24) is 10.2 Å². The molecule has 0 aromatic rings. The third kappa shape index (κ3) is 2.49. The van der Waals surface area contributed by atoms with E-state index in [9.17, 15) is 4.79 Å². The minimum absolute atomic E-state index is 0.0259. The van der Waals surface area contributed by atoms with Gasteiger partial charge >= 0.3 is 0 Å². The Morgan fingerprint density at radius 1 is 1.53 bits per heavy atom. The molecule has 15 heavy (non-hydrogen) atoms. The van der Waals surface area contributed by atoms with Crippen LogP contribution in [-0.2, 0) is 4.79 Å². The molecule has 3 N–H and O–H groups in total. The van der Waals surface area contributed by atoms with Gasteiger partial charge in [0.05, 0.1) is 6.54 Å². The standard InChI is InChI=1S/C11H21N3O/c1-8(2)13-10(15)5-14-6-11(12,7-14)9-3-4-9/h8-9H,3-7,12H2,1-2H3,(H,13,15). The first-order valence-electron chi connectivity index (χ1n) is 5.80. The lowest BCUT2D eigenvalue weighted by Gasteiger charge is -2.48. The molecule has 2 aliphatic rings. The average molecular weight is 211 g/mol. The van der Waals surface area contributed by atoms with E-state index in [1.54, 1.807) is 0 Å². The smallest absolute Gasteiger partial charge is 0.234 e. The Kier molecular flexibility index (Phi) is 2.73. The van der Waals surface area contributed by atoms with Gasteiger partial charge in [0, 0.05) is 24.7 Å². The van der Waals surface area contributed by atoms with E-state index in [-0.39, 0.29) is 17.5 Å². The molecule has 1 saturated heterocycles. The number of hydrogen-bond acceptors (Lipinski definition) is 3. The third-order valence-electron chi connectivity index (χ3n) is 3.24. The monoisotopic (exact) mass is 211 g/mol. The molecule has 4 heteroatoms. The molecule has 0 bridgehead atoms. The number of amides is 1. The molecule has 4 nitrogen and oxygen atoms in total. The van der Waals surface area contributed by atoms with Crippen LogP contribution in [0.2, 0.25) is 0 Å². The largest absolute Gasteiger partial charge is 0.353 e. The summed E-state index contributed by atoms with van der Waals surface area (Å²) in [5, 5.41) is 2.89. The Hall–Kier alpha value is -0.610. The summed E-state index contributed by atoms with van der Waals surface area (Å²) in [5.41, 5.74) is 6.23. The van der Waals surface area contributed by atoms with Crippen LogP contribution in [0.1, 0.15) is 26.7 Å². The Balaban J connectivity index is 1.68. The van der Waals surface area contributed by atoms with E-state index in [1.165, 1.54) is 12.8 Å². The van der Waals surface area contributed by atoms with Crippen LogP contribution in [0.25, 0.3) is 0 Å². The quantitative estimate of drug-likeness (QED) is 0.684. The highest BCUT2D eigenvalue weighted by atomic mass is 16.2. The molecule has 0 aromatic heterocycles. The van der Waals surface area contributed by atoms with E-state index in [2.05, 4.69) is 10.2 Å². The Morgan fingerprint density at radius 2 is 2.13 bits per heavy atom. The summed E-state index contributed by atoms with van der Waals surface area (Å²) in [6, 6.07) is 0.227. The fraction of sp³-hybridized carbons (Fsp3) is 0.909. The van der Waals surface area contributed by atoms with Gasteiger partial charge in [0.2, 0.25) is 5.91 Å². The number of carbonyl (C=O) groups excluding carboxylic acids is 1. The van der Waals surface area contributed by atoms with Gasteiger partial charge in [-0.2, -0.15) is 0 Å². The van der Waals surface area contributed by atoms with Crippen LogP contribution in [0.4, 0.5) is 0 Å². The molecule has 1 saturated carbocycles. The first-order valence-corrected chi connectivity index (χ1v) is 5.80. The molecule has 86 valence electrons. The lowest BCUT2D eigenvalue weighted by Crippen LogP contribution is -2.69. The minimum atomic E-state index is 0.0259. The summed E-state index contributed by atoms with van der Waals surface area (Å²) in [6.07, 6.45) is 2.56. The highest BCUT2D eigenvalue weighted by molar-refractivity contribution is 5.78. The van der Waals surface area contributed by atoms with Crippen LogP contribution < -0.4 is 11.1 Å². The van der Waals surface area contributed by atoms with Gasteiger partial charge in [0.1, 0.15) is 0 Å². The summed E-state index contributed by atoms with van der Waals surface area (Å²) < 4.78 is 0. The second-order valence-electron chi connectivity index (χ2n) is 5.37. The molecule has 1 aliphatic carbocycles. The van der Waals surface area contributed by atoms with E-state index in [1.807, 2.05) is 13.8 Å². The number of likely N-dealkylation sites (tertiary alicyclic amines) is 1. The molecule has 1 amide bonds. The molecule has 2 rings (SSSR count). The van der Waals surface area contributed by atoms with Crippen molar-refractivity contribution in [3.63, 3.8) is 0 Å². The van der Waals surface area contributed by atoms with E-state index < -0.39 is 0 Å². The lowest BCUT2D eigenvalue weighted by molar-refractivity contribution is -0.124. The van der Waals surface area contributed by atoms with Crippen molar-refractivity contribution >= 4 is 5.91 Å². The maximum absolute atomic E-state index is 11.5. The molecule has 2 fully saturated rings. The lowest BCUT2D eigenvalue weighted by atomic mass is 9.86. The first kappa shape index (κ1) is 10.9. The van der Waals surface area contributed by atoms with E-state index in [4.69, 9.17) is 5.73 Å². The van der Waals surface area contributed by atoms with Gasteiger partial charge in [-0.3, -0.25) is 9.69 Å². The van der Waals surface area contributed by atoms with Gasteiger partial charge < -0.3 is 11.1 Å². The number of rotatable bonds is 4. The van der Waals surface area contributed by atoms with Crippen LogP contribution in [0.3, 0.4) is 0 Å². The van der Waals surface area contributed by atoms with Gasteiger partial charge in [-0.1, -0.05) is 0 Å². The van der Waals surface area contributed by atoms with Crippen molar-refractivity contribution in [3.05, 3.63) is 0 Å². The molecule has 1 heterocycles. The fourth-order valence-corrected chi connectivity index (χ4v) is 2.39. The molecule has 1 aliphatic heterocycles. The van der Waals surface area contributed by atoms with Crippen molar-refractivity contribution in [2.24, 2.45) is 11.7 Å². The van der Waals surface area contributed by atoms with Crippen molar-refractivity contribution in [1.29, 1.82) is 0 Å².